The summed E-state index contributed by atoms with van der Waals surface area (Å²) in [6, 6.07) is 23.4. The van der Waals surface area contributed by atoms with E-state index in [4.69, 9.17) is 37.4 Å². The van der Waals surface area contributed by atoms with Crippen molar-refractivity contribution in [1.29, 1.82) is 0 Å². The van der Waals surface area contributed by atoms with E-state index in [1.807, 2.05) is 42.5 Å². The van der Waals surface area contributed by atoms with Gasteiger partial charge >= 0.3 is 0 Å². The summed E-state index contributed by atoms with van der Waals surface area (Å²) < 4.78 is 12.6. The highest BCUT2D eigenvalue weighted by Gasteiger charge is 2.22. The lowest BCUT2D eigenvalue weighted by Gasteiger charge is -2.35. The average molecular weight is 596 g/mol. The fourth-order valence-electron chi connectivity index (χ4n) is 4.84. The van der Waals surface area contributed by atoms with E-state index in [9.17, 15) is 5.11 Å². The lowest BCUT2D eigenvalue weighted by molar-refractivity contribution is 0.0430. The molecule has 1 aliphatic heterocycles. The first-order chi connectivity index (χ1) is 19.5. The van der Waals surface area contributed by atoms with E-state index in [0.29, 0.717) is 40.1 Å². The largest absolute Gasteiger partial charge is 0.491 e. The van der Waals surface area contributed by atoms with Gasteiger partial charge in [0.2, 0.25) is 0 Å². The predicted octanol–water partition coefficient (Wildman–Crippen LogP) is 6.48. The van der Waals surface area contributed by atoms with Crippen molar-refractivity contribution < 1.29 is 14.4 Å². The van der Waals surface area contributed by atoms with Gasteiger partial charge < -0.3 is 14.4 Å². The van der Waals surface area contributed by atoms with Crippen molar-refractivity contribution in [3.8, 4) is 27.6 Å². The standard InChI is InChI=1S/C30H28Cl2N4O3S/c31-24-7-4-8-25(32)29(24)27-16-23(39-34-27)18-36-13-11-35(12-14-36)17-21(37)19-38-22-9-10-28-26(15-22)33-30(40-28)20-5-2-1-3-6-20/h1-10,15-16,21,37H,11-14,17-19H2/t21-/m0/s1. The second-order valence-electron chi connectivity index (χ2n) is 9.83. The number of hydrogen-bond acceptors (Lipinski definition) is 8. The van der Waals surface area contributed by atoms with Crippen molar-refractivity contribution >= 4 is 44.8 Å². The molecule has 7 nitrogen and oxygen atoms in total. The molecule has 0 amide bonds. The number of aromatic nitrogens is 2. The van der Waals surface area contributed by atoms with Crippen LogP contribution in [0.1, 0.15) is 5.76 Å². The second kappa shape index (κ2) is 12.3. The predicted molar refractivity (Wildman–Crippen MR) is 160 cm³/mol. The van der Waals surface area contributed by atoms with Gasteiger partial charge in [-0.1, -0.05) is 64.8 Å². The molecule has 0 spiro atoms. The van der Waals surface area contributed by atoms with Gasteiger partial charge in [-0.25, -0.2) is 4.98 Å². The monoisotopic (exact) mass is 594 g/mol. The van der Waals surface area contributed by atoms with E-state index in [-0.39, 0.29) is 6.61 Å². The number of fused-ring (bicyclic) bond motifs is 1. The summed E-state index contributed by atoms with van der Waals surface area (Å²) in [5.74, 6) is 1.48. The van der Waals surface area contributed by atoms with E-state index in [2.05, 4.69) is 27.1 Å². The van der Waals surface area contributed by atoms with Crippen LogP contribution in [0.4, 0.5) is 0 Å². The molecule has 0 bridgehead atoms. The summed E-state index contributed by atoms with van der Waals surface area (Å²) in [4.78, 5) is 9.34. The Morgan fingerprint density at radius 3 is 2.45 bits per heavy atom. The van der Waals surface area contributed by atoms with Gasteiger partial charge in [0.25, 0.3) is 0 Å². The van der Waals surface area contributed by atoms with Crippen LogP contribution in [0.15, 0.2) is 77.3 Å². The Morgan fingerprint density at radius 1 is 0.925 bits per heavy atom. The van der Waals surface area contributed by atoms with Gasteiger partial charge in [0, 0.05) is 56.0 Å². The van der Waals surface area contributed by atoms with Gasteiger partial charge in [0.1, 0.15) is 29.2 Å². The SMILES string of the molecule is O[C@H](COc1ccc2sc(-c3ccccc3)nc2c1)CN1CCN(Cc2cc(-c3c(Cl)cccc3Cl)no2)CC1. The maximum absolute atomic E-state index is 10.6. The molecule has 1 N–H and O–H groups in total. The van der Waals surface area contributed by atoms with Gasteiger partial charge in [-0.3, -0.25) is 9.80 Å². The number of rotatable bonds is 9. The lowest BCUT2D eigenvalue weighted by atomic mass is 10.1. The van der Waals surface area contributed by atoms with Crippen molar-refractivity contribution in [3.05, 3.63) is 88.6 Å². The molecule has 0 saturated carbocycles. The molecule has 206 valence electrons. The van der Waals surface area contributed by atoms with Crippen molar-refractivity contribution in [2.75, 3.05) is 39.3 Å². The number of aliphatic hydroxyl groups is 1. The number of benzene rings is 3. The minimum Gasteiger partial charge on any atom is -0.491 e. The van der Waals surface area contributed by atoms with Crippen LogP contribution in [0.2, 0.25) is 10.0 Å². The summed E-state index contributed by atoms with van der Waals surface area (Å²) in [5.41, 5.74) is 3.33. The molecule has 6 rings (SSSR count). The fourth-order valence-corrected chi connectivity index (χ4v) is 6.39. The van der Waals surface area contributed by atoms with Crippen LogP contribution in [0.25, 0.3) is 32.0 Å². The first-order valence-electron chi connectivity index (χ1n) is 13.1. The highest BCUT2D eigenvalue weighted by Crippen LogP contribution is 2.34. The maximum Gasteiger partial charge on any atom is 0.151 e. The van der Waals surface area contributed by atoms with Crippen LogP contribution < -0.4 is 4.74 Å². The van der Waals surface area contributed by atoms with Gasteiger partial charge in [0.15, 0.2) is 5.76 Å². The molecular weight excluding hydrogens is 567 g/mol. The van der Waals surface area contributed by atoms with Crippen LogP contribution in [0.3, 0.4) is 0 Å². The number of halogens is 2. The molecule has 3 heterocycles. The molecule has 40 heavy (non-hydrogen) atoms. The van der Waals surface area contributed by atoms with Gasteiger partial charge in [-0.05, 0) is 24.3 Å². The van der Waals surface area contributed by atoms with Gasteiger partial charge in [0.05, 0.1) is 26.8 Å². The molecule has 1 atom stereocenters. The molecule has 3 aromatic carbocycles. The van der Waals surface area contributed by atoms with Crippen LogP contribution in [0, 0.1) is 0 Å². The van der Waals surface area contributed by atoms with E-state index in [0.717, 1.165) is 52.7 Å². The summed E-state index contributed by atoms with van der Waals surface area (Å²) in [6.07, 6.45) is -0.588. The molecular formula is C30H28Cl2N4O3S. The summed E-state index contributed by atoms with van der Waals surface area (Å²) in [6.45, 7) is 4.86. The zero-order valence-electron chi connectivity index (χ0n) is 21.7. The molecule has 0 unspecified atom stereocenters. The van der Waals surface area contributed by atoms with E-state index in [1.54, 1.807) is 29.5 Å². The van der Waals surface area contributed by atoms with Crippen LogP contribution in [0.5, 0.6) is 5.75 Å². The molecule has 1 aliphatic rings. The smallest absolute Gasteiger partial charge is 0.151 e. The third-order valence-electron chi connectivity index (χ3n) is 6.91. The molecule has 2 aromatic heterocycles. The molecule has 10 heteroatoms. The van der Waals surface area contributed by atoms with Crippen molar-refractivity contribution in [1.82, 2.24) is 19.9 Å². The van der Waals surface area contributed by atoms with Crippen molar-refractivity contribution in [2.24, 2.45) is 0 Å². The number of hydrogen-bond donors (Lipinski definition) is 1. The van der Waals surface area contributed by atoms with Gasteiger partial charge in [-0.15, -0.1) is 11.3 Å². The van der Waals surface area contributed by atoms with Crippen LogP contribution in [-0.2, 0) is 6.54 Å². The Labute approximate surface area is 246 Å². The molecule has 1 fully saturated rings. The second-order valence-corrected chi connectivity index (χ2v) is 11.7. The minimum atomic E-state index is -0.588. The molecule has 0 aliphatic carbocycles. The lowest BCUT2D eigenvalue weighted by Crippen LogP contribution is -2.48. The summed E-state index contributed by atoms with van der Waals surface area (Å²) in [7, 11) is 0. The Hall–Kier alpha value is -2.98. The van der Waals surface area contributed by atoms with Gasteiger partial charge in [-0.2, -0.15) is 0 Å². The molecule has 0 radical (unpaired) electrons. The fraction of sp³-hybridized carbons (Fsp3) is 0.267. The number of aliphatic hydroxyl groups excluding tert-OH is 1. The number of piperazine rings is 1. The quantitative estimate of drug-likeness (QED) is 0.209. The average Bonchev–Trinajstić information content (AvgIpc) is 3.60. The molecule has 1 saturated heterocycles. The van der Waals surface area contributed by atoms with E-state index in [1.165, 1.54) is 0 Å². The normalized spacial score (nSPS) is 15.5. The number of nitrogens with zero attached hydrogens (tertiary/aromatic N) is 4. The minimum absolute atomic E-state index is 0.229. The van der Waals surface area contributed by atoms with Crippen molar-refractivity contribution in [3.63, 3.8) is 0 Å². The third-order valence-corrected chi connectivity index (χ3v) is 8.63. The van der Waals surface area contributed by atoms with E-state index < -0.39 is 6.10 Å². The highest BCUT2D eigenvalue weighted by molar-refractivity contribution is 7.21. The molecule has 5 aromatic rings. The third kappa shape index (κ3) is 6.33. The highest BCUT2D eigenvalue weighted by atomic mass is 35.5. The summed E-state index contributed by atoms with van der Waals surface area (Å²) >= 11 is 14.3. The number of thiazole rings is 1. The number of β-amino-alcohol motifs (C(OH)–C–C–N with tert-alkyl or cyclic N) is 1. The zero-order valence-corrected chi connectivity index (χ0v) is 24.0. The Balaban J connectivity index is 0.967. The Morgan fingerprint density at radius 2 is 1.68 bits per heavy atom. The van der Waals surface area contributed by atoms with Crippen LogP contribution in [-0.4, -0.2) is 70.5 Å². The van der Waals surface area contributed by atoms with Crippen LogP contribution >= 0.6 is 34.5 Å². The number of ether oxygens (including phenoxy) is 1. The summed E-state index contributed by atoms with van der Waals surface area (Å²) in [5, 5.41) is 16.9. The Bertz CT molecular complexity index is 1560. The first-order valence-corrected chi connectivity index (χ1v) is 14.7. The van der Waals surface area contributed by atoms with E-state index >= 15 is 0 Å². The van der Waals surface area contributed by atoms with Crippen molar-refractivity contribution in [2.45, 2.75) is 12.6 Å². The first kappa shape index (κ1) is 27.2. The Kier molecular flexibility index (Phi) is 8.34. The topological polar surface area (TPSA) is 74.9 Å². The maximum atomic E-state index is 10.6. The zero-order chi connectivity index (χ0) is 27.5.